The highest BCUT2D eigenvalue weighted by molar-refractivity contribution is 5.78. The number of amides is 1. The van der Waals surface area contributed by atoms with E-state index in [0.717, 1.165) is 24.2 Å². The molecule has 0 aliphatic heterocycles. The minimum Gasteiger partial charge on any atom is -0.469 e. The first-order chi connectivity index (χ1) is 9.24. The van der Waals surface area contributed by atoms with E-state index < -0.39 is 0 Å². The van der Waals surface area contributed by atoms with Gasteiger partial charge >= 0.3 is 0 Å². The van der Waals surface area contributed by atoms with Crippen molar-refractivity contribution < 1.29 is 13.6 Å². The van der Waals surface area contributed by atoms with Crippen molar-refractivity contribution in [3.05, 3.63) is 59.8 Å². The Hall–Kier alpha value is -2.10. The Morgan fingerprint density at radius 1 is 1.21 bits per heavy atom. The second-order valence-electron chi connectivity index (χ2n) is 4.34. The van der Waals surface area contributed by atoms with Crippen LogP contribution in [0.25, 0.3) is 0 Å². The van der Waals surface area contributed by atoms with Gasteiger partial charge in [0, 0.05) is 13.0 Å². The average Bonchev–Trinajstić information content (AvgIpc) is 2.91. The second kappa shape index (κ2) is 6.73. The molecule has 3 nitrogen and oxygen atoms in total. The summed E-state index contributed by atoms with van der Waals surface area (Å²) in [5, 5.41) is 2.83. The van der Waals surface area contributed by atoms with E-state index >= 15 is 0 Å². The van der Waals surface area contributed by atoms with Crippen LogP contribution in [0, 0.1) is 5.82 Å². The molecule has 1 aromatic heterocycles. The fourth-order valence-electron chi connectivity index (χ4n) is 1.80. The van der Waals surface area contributed by atoms with Crippen LogP contribution in [0.2, 0.25) is 0 Å². The van der Waals surface area contributed by atoms with Gasteiger partial charge in [-0.1, -0.05) is 12.1 Å². The molecule has 0 radical (unpaired) electrons. The number of carbonyl (C=O) groups is 1. The van der Waals surface area contributed by atoms with Gasteiger partial charge in [-0.25, -0.2) is 4.39 Å². The van der Waals surface area contributed by atoms with Gasteiger partial charge in [-0.2, -0.15) is 0 Å². The van der Waals surface area contributed by atoms with Gasteiger partial charge in [0.15, 0.2) is 0 Å². The molecule has 2 rings (SSSR count). The molecule has 1 N–H and O–H groups in total. The molecule has 0 bridgehead atoms. The van der Waals surface area contributed by atoms with E-state index in [9.17, 15) is 9.18 Å². The molecule has 1 amide bonds. The molecule has 1 aromatic carbocycles. The predicted octanol–water partition coefficient (Wildman–Crippen LogP) is 2.71. The monoisotopic (exact) mass is 261 g/mol. The molecule has 1 heterocycles. The van der Waals surface area contributed by atoms with Crippen molar-refractivity contribution in [1.29, 1.82) is 0 Å². The van der Waals surface area contributed by atoms with E-state index in [1.54, 1.807) is 18.4 Å². The minimum atomic E-state index is -0.289. The van der Waals surface area contributed by atoms with Crippen molar-refractivity contribution in [1.82, 2.24) is 5.32 Å². The fourth-order valence-corrected chi connectivity index (χ4v) is 1.80. The van der Waals surface area contributed by atoms with E-state index in [2.05, 4.69) is 5.32 Å². The number of aryl methyl sites for hydroxylation is 1. The number of nitrogens with one attached hydrogen (secondary N) is 1. The molecule has 0 saturated heterocycles. The van der Waals surface area contributed by atoms with Gasteiger partial charge in [0.25, 0.3) is 0 Å². The Morgan fingerprint density at radius 2 is 2.00 bits per heavy atom. The van der Waals surface area contributed by atoms with Crippen molar-refractivity contribution in [3.8, 4) is 0 Å². The summed E-state index contributed by atoms with van der Waals surface area (Å²) < 4.78 is 17.9. The van der Waals surface area contributed by atoms with Crippen LogP contribution < -0.4 is 5.32 Å². The maximum Gasteiger partial charge on any atom is 0.224 e. The largest absolute Gasteiger partial charge is 0.469 e. The van der Waals surface area contributed by atoms with E-state index in [1.165, 1.54) is 12.1 Å². The maximum atomic E-state index is 12.7. The summed E-state index contributed by atoms with van der Waals surface area (Å²) in [4.78, 5) is 11.6. The first-order valence-corrected chi connectivity index (χ1v) is 6.27. The zero-order valence-electron chi connectivity index (χ0n) is 10.6. The summed E-state index contributed by atoms with van der Waals surface area (Å²) in [6, 6.07) is 9.73. The zero-order chi connectivity index (χ0) is 13.5. The first kappa shape index (κ1) is 13.3. The lowest BCUT2D eigenvalue weighted by Crippen LogP contribution is -2.26. The Balaban J connectivity index is 1.65. The average molecular weight is 261 g/mol. The van der Waals surface area contributed by atoms with Crippen LogP contribution in [-0.2, 0) is 17.6 Å². The smallest absolute Gasteiger partial charge is 0.224 e. The SMILES string of the molecule is O=C(Cc1ccc(F)cc1)NCCCc1ccco1. The third-order valence-electron chi connectivity index (χ3n) is 2.78. The van der Waals surface area contributed by atoms with Gasteiger partial charge in [-0.15, -0.1) is 0 Å². The lowest BCUT2D eigenvalue weighted by molar-refractivity contribution is -0.120. The molecule has 2 aromatic rings. The van der Waals surface area contributed by atoms with Gasteiger partial charge in [-0.3, -0.25) is 4.79 Å². The maximum absolute atomic E-state index is 12.7. The van der Waals surface area contributed by atoms with Crippen molar-refractivity contribution in [3.63, 3.8) is 0 Å². The van der Waals surface area contributed by atoms with E-state index in [4.69, 9.17) is 4.42 Å². The Morgan fingerprint density at radius 3 is 2.68 bits per heavy atom. The van der Waals surface area contributed by atoms with Crippen LogP contribution in [0.3, 0.4) is 0 Å². The summed E-state index contributed by atoms with van der Waals surface area (Å²) in [7, 11) is 0. The highest BCUT2D eigenvalue weighted by Crippen LogP contribution is 2.04. The third-order valence-corrected chi connectivity index (χ3v) is 2.78. The number of furan rings is 1. The van der Waals surface area contributed by atoms with Crippen LogP contribution in [0.5, 0.6) is 0 Å². The summed E-state index contributed by atoms with van der Waals surface area (Å²) in [5.41, 5.74) is 0.810. The fraction of sp³-hybridized carbons (Fsp3) is 0.267. The van der Waals surface area contributed by atoms with Crippen LogP contribution in [0.15, 0.2) is 47.1 Å². The molecule has 0 fully saturated rings. The van der Waals surface area contributed by atoms with Crippen LogP contribution in [0.1, 0.15) is 17.7 Å². The Kier molecular flexibility index (Phi) is 4.72. The highest BCUT2D eigenvalue weighted by atomic mass is 19.1. The molecule has 0 unspecified atom stereocenters. The summed E-state index contributed by atoms with van der Waals surface area (Å²) >= 11 is 0. The molecule has 0 aliphatic carbocycles. The molecule has 0 saturated carbocycles. The Bertz CT molecular complexity index is 505. The van der Waals surface area contributed by atoms with Crippen molar-refractivity contribution >= 4 is 5.91 Å². The molecular formula is C15H16FNO2. The molecule has 0 aliphatic rings. The highest BCUT2D eigenvalue weighted by Gasteiger charge is 2.03. The topological polar surface area (TPSA) is 42.2 Å². The molecule has 0 atom stereocenters. The van der Waals surface area contributed by atoms with E-state index in [-0.39, 0.29) is 18.1 Å². The molecule has 19 heavy (non-hydrogen) atoms. The summed E-state index contributed by atoms with van der Waals surface area (Å²) in [5.74, 6) is 0.585. The molecule has 100 valence electrons. The lowest BCUT2D eigenvalue weighted by Gasteiger charge is -2.04. The number of benzene rings is 1. The van der Waals surface area contributed by atoms with Gasteiger partial charge in [0.1, 0.15) is 11.6 Å². The standard InChI is InChI=1S/C15H16FNO2/c16-13-7-5-12(6-8-13)11-15(18)17-9-1-3-14-4-2-10-19-14/h2,4-8,10H,1,3,9,11H2,(H,17,18). The van der Waals surface area contributed by atoms with Crippen LogP contribution >= 0.6 is 0 Å². The number of hydrogen-bond acceptors (Lipinski definition) is 2. The molecule has 0 spiro atoms. The van der Waals surface area contributed by atoms with Gasteiger partial charge < -0.3 is 9.73 Å². The van der Waals surface area contributed by atoms with Crippen LogP contribution in [-0.4, -0.2) is 12.5 Å². The number of hydrogen-bond donors (Lipinski definition) is 1. The number of rotatable bonds is 6. The lowest BCUT2D eigenvalue weighted by atomic mass is 10.1. The summed E-state index contributed by atoms with van der Waals surface area (Å²) in [6.45, 7) is 0.612. The third kappa shape index (κ3) is 4.58. The van der Waals surface area contributed by atoms with E-state index in [1.807, 2.05) is 12.1 Å². The normalized spacial score (nSPS) is 10.4. The number of carbonyl (C=O) groups excluding carboxylic acids is 1. The van der Waals surface area contributed by atoms with Gasteiger partial charge in [0.2, 0.25) is 5.91 Å². The summed E-state index contributed by atoms with van der Waals surface area (Å²) in [6.07, 6.45) is 3.57. The van der Waals surface area contributed by atoms with Gasteiger partial charge in [-0.05, 0) is 36.2 Å². The van der Waals surface area contributed by atoms with E-state index in [0.29, 0.717) is 6.54 Å². The van der Waals surface area contributed by atoms with Crippen molar-refractivity contribution in [2.45, 2.75) is 19.3 Å². The first-order valence-electron chi connectivity index (χ1n) is 6.27. The van der Waals surface area contributed by atoms with Crippen molar-refractivity contribution in [2.75, 3.05) is 6.54 Å². The number of halogens is 1. The van der Waals surface area contributed by atoms with Gasteiger partial charge in [0.05, 0.1) is 12.7 Å². The van der Waals surface area contributed by atoms with Crippen LogP contribution in [0.4, 0.5) is 4.39 Å². The zero-order valence-corrected chi connectivity index (χ0v) is 10.6. The quantitative estimate of drug-likeness (QED) is 0.812. The molecular weight excluding hydrogens is 245 g/mol. The minimum absolute atomic E-state index is 0.0500. The second-order valence-corrected chi connectivity index (χ2v) is 4.34. The van der Waals surface area contributed by atoms with Crippen molar-refractivity contribution in [2.24, 2.45) is 0 Å². The Labute approximate surface area is 111 Å². The predicted molar refractivity (Wildman–Crippen MR) is 70.1 cm³/mol. The molecule has 4 heteroatoms.